The highest BCUT2D eigenvalue weighted by atomic mass is 32.1. The molecule has 1 saturated carbocycles. The number of carbonyl (C=O) groups is 1. The van der Waals surface area contributed by atoms with Crippen LogP contribution in [0.3, 0.4) is 0 Å². The zero-order valence-corrected chi connectivity index (χ0v) is 19.2. The van der Waals surface area contributed by atoms with Gasteiger partial charge in [0, 0.05) is 54.8 Å². The van der Waals surface area contributed by atoms with Crippen LogP contribution in [0.5, 0.6) is 0 Å². The number of carbonyl (C=O) groups excluding carboxylic acids is 1. The topological polar surface area (TPSA) is 73.0 Å². The van der Waals surface area contributed by atoms with Gasteiger partial charge in [0.25, 0.3) is 5.56 Å². The number of hydrogen-bond acceptors (Lipinski definition) is 5. The van der Waals surface area contributed by atoms with Gasteiger partial charge in [0.1, 0.15) is 10.7 Å². The second-order valence-corrected chi connectivity index (χ2v) is 10.1. The minimum atomic E-state index is 0.118. The molecule has 7 nitrogen and oxygen atoms in total. The molecule has 2 aliphatic rings. The van der Waals surface area contributed by atoms with Crippen LogP contribution in [0.25, 0.3) is 10.2 Å². The Kier molecular flexibility index (Phi) is 5.20. The molecule has 0 spiro atoms. The van der Waals surface area contributed by atoms with Crippen molar-refractivity contribution >= 4 is 27.5 Å². The molecule has 0 unspecified atom stereocenters. The molecular weight excluding hydrogens is 410 g/mol. The highest BCUT2D eigenvalue weighted by Gasteiger charge is 2.34. The van der Waals surface area contributed by atoms with Crippen molar-refractivity contribution in [2.24, 2.45) is 0 Å². The van der Waals surface area contributed by atoms with E-state index in [0.717, 1.165) is 53.0 Å². The molecular formula is C23H29N5O2S. The second-order valence-electron chi connectivity index (χ2n) is 8.94. The number of amides is 1. The van der Waals surface area contributed by atoms with E-state index in [1.807, 2.05) is 34.1 Å². The van der Waals surface area contributed by atoms with Crippen molar-refractivity contribution in [3.8, 4) is 0 Å². The molecule has 5 rings (SSSR count). The number of likely N-dealkylation sites (tertiary alicyclic amines) is 1. The van der Waals surface area contributed by atoms with Crippen LogP contribution in [0.4, 0.5) is 0 Å². The van der Waals surface area contributed by atoms with E-state index in [1.54, 1.807) is 17.5 Å². The molecule has 3 aromatic heterocycles. The standard InChI is InChI=1S/C23H29N5O2S/c1-14-6-10-24-27(14)13-9-19(29)26-11-7-18(8-12-26)28-21(17-4-5-17)25-22-20(23(28)30)15(2)16(3)31-22/h6,10,17-18H,4-5,7-9,11-13H2,1-3H3. The first-order valence-electron chi connectivity index (χ1n) is 11.2. The smallest absolute Gasteiger partial charge is 0.262 e. The summed E-state index contributed by atoms with van der Waals surface area (Å²) < 4.78 is 3.87. The Balaban J connectivity index is 1.33. The Labute approximate surface area is 185 Å². The number of fused-ring (bicyclic) bond motifs is 1. The molecule has 0 radical (unpaired) electrons. The van der Waals surface area contributed by atoms with Crippen LogP contribution < -0.4 is 5.56 Å². The number of piperidine rings is 1. The largest absolute Gasteiger partial charge is 0.342 e. The fourth-order valence-electron chi connectivity index (χ4n) is 4.67. The highest BCUT2D eigenvalue weighted by molar-refractivity contribution is 7.18. The molecule has 164 valence electrons. The van der Waals surface area contributed by atoms with Crippen molar-refractivity contribution in [1.82, 2.24) is 24.2 Å². The zero-order chi connectivity index (χ0) is 21.7. The van der Waals surface area contributed by atoms with Gasteiger partial charge in [-0.3, -0.25) is 18.8 Å². The molecule has 0 aromatic carbocycles. The SMILES string of the molecule is Cc1sc2nc(C3CC3)n(C3CCN(C(=O)CCn4nccc4C)CC3)c(=O)c2c1C. The van der Waals surface area contributed by atoms with Gasteiger partial charge in [-0.25, -0.2) is 4.98 Å². The Morgan fingerprint density at radius 1 is 1.16 bits per heavy atom. The predicted molar refractivity (Wildman–Crippen MR) is 122 cm³/mol. The predicted octanol–water partition coefficient (Wildman–Crippen LogP) is 3.71. The fraction of sp³-hybridized carbons (Fsp3) is 0.565. The number of hydrogen-bond donors (Lipinski definition) is 0. The summed E-state index contributed by atoms with van der Waals surface area (Å²) >= 11 is 1.63. The van der Waals surface area contributed by atoms with Gasteiger partial charge in [-0.2, -0.15) is 5.10 Å². The van der Waals surface area contributed by atoms with E-state index in [2.05, 4.69) is 12.0 Å². The lowest BCUT2D eigenvalue weighted by Crippen LogP contribution is -2.42. The van der Waals surface area contributed by atoms with Gasteiger partial charge in [-0.15, -0.1) is 11.3 Å². The van der Waals surface area contributed by atoms with Crippen LogP contribution in [0.2, 0.25) is 0 Å². The van der Waals surface area contributed by atoms with Gasteiger partial charge in [0.15, 0.2) is 0 Å². The van der Waals surface area contributed by atoms with Gasteiger partial charge in [0.2, 0.25) is 5.91 Å². The van der Waals surface area contributed by atoms with E-state index in [0.29, 0.717) is 32.0 Å². The lowest BCUT2D eigenvalue weighted by molar-refractivity contribution is -0.132. The lowest BCUT2D eigenvalue weighted by atomic mass is 10.0. The third-order valence-electron chi connectivity index (χ3n) is 6.85. The van der Waals surface area contributed by atoms with Crippen LogP contribution in [-0.4, -0.2) is 43.2 Å². The van der Waals surface area contributed by atoms with E-state index in [1.165, 1.54) is 4.88 Å². The summed E-state index contributed by atoms with van der Waals surface area (Å²) in [5.74, 6) is 1.55. The van der Waals surface area contributed by atoms with Crippen molar-refractivity contribution in [3.63, 3.8) is 0 Å². The lowest BCUT2D eigenvalue weighted by Gasteiger charge is -2.34. The van der Waals surface area contributed by atoms with Crippen molar-refractivity contribution in [2.45, 2.75) is 71.4 Å². The summed E-state index contributed by atoms with van der Waals surface area (Å²) in [6, 6.07) is 2.07. The van der Waals surface area contributed by atoms with E-state index in [-0.39, 0.29) is 17.5 Å². The van der Waals surface area contributed by atoms with Crippen LogP contribution in [-0.2, 0) is 11.3 Å². The fourth-order valence-corrected chi connectivity index (χ4v) is 5.70. The molecule has 1 aliphatic heterocycles. The molecule has 3 aromatic rings. The Bertz CT molecular complexity index is 1190. The number of aromatic nitrogens is 4. The second kappa shape index (κ2) is 7.89. The highest BCUT2D eigenvalue weighted by Crippen LogP contribution is 2.41. The average molecular weight is 440 g/mol. The third-order valence-corrected chi connectivity index (χ3v) is 7.95. The van der Waals surface area contributed by atoms with Gasteiger partial charge in [-0.1, -0.05) is 0 Å². The van der Waals surface area contributed by atoms with Gasteiger partial charge < -0.3 is 4.90 Å². The van der Waals surface area contributed by atoms with Crippen molar-refractivity contribution in [2.75, 3.05) is 13.1 Å². The van der Waals surface area contributed by atoms with Crippen LogP contribution in [0.15, 0.2) is 17.1 Å². The van der Waals surface area contributed by atoms with E-state index in [4.69, 9.17) is 4.98 Å². The van der Waals surface area contributed by atoms with Crippen molar-refractivity contribution < 1.29 is 4.79 Å². The van der Waals surface area contributed by atoms with Crippen molar-refractivity contribution in [1.29, 1.82) is 0 Å². The Hall–Kier alpha value is -2.48. The summed E-state index contributed by atoms with van der Waals surface area (Å²) in [6.07, 6.45) is 6.07. The zero-order valence-electron chi connectivity index (χ0n) is 18.4. The summed E-state index contributed by atoms with van der Waals surface area (Å²) in [5.41, 5.74) is 2.25. The van der Waals surface area contributed by atoms with Crippen LogP contribution >= 0.6 is 11.3 Å². The van der Waals surface area contributed by atoms with Gasteiger partial charge in [0.05, 0.1) is 5.39 Å². The number of nitrogens with zero attached hydrogens (tertiary/aromatic N) is 5. The first-order valence-corrected chi connectivity index (χ1v) is 12.0. The summed E-state index contributed by atoms with van der Waals surface area (Å²) in [7, 11) is 0. The third kappa shape index (κ3) is 3.71. The molecule has 1 aliphatic carbocycles. The molecule has 4 heterocycles. The molecule has 0 N–H and O–H groups in total. The maximum Gasteiger partial charge on any atom is 0.262 e. The van der Waals surface area contributed by atoms with Gasteiger partial charge >= 0.3 is 0 Å². The molecule has 2 fully saturated rings. The van der Waals surface area contributed by atoms with Crippen LogP contribution in [0, 0.1) is 20.8 Å². The van der Waals surface area contributed by atoms with Gasteiger partial charge in [-0.05, 0) is 58.1 Å². The minimum Gasteiger partial charge on any atom is -0.342 e. The van der Waals surface area contributed by atoms with E-state index in [9.17, 15) is 9.59 Å². The first kappa shape index (κ1) is 20.4. The van der Waals surface area contributed by atoms with Crippen LogP contribution in [0.1, 0.15) is 66.0 Å². The van der Waals surface area contributed by atoms with E-state index < -0.39 is 0 Å². The maximum atomic E-state index is 13.5. The molecule has 1 amide bonds. The first-order chi connectivity index (χ1) is 14.9. The monoisotopic (exact) mass is 439 g/mol. The normalized spacial score (nSPS) is 17.6. The number of rotatable bonds is 5. The molecule has 1 saturated heterocycles. The summed E-state index contributed by atoms with van der Waals surface area (Å²) in [6.45, 7) is 8.09. The number of thiophene rings is 1. The minimum absolute atomic E-state index is 0.118. The van der Waals surface area contributed by atoms with E-state index >= 15 is 0 Å². The quantitative estimate of drug-likeness (QED) is 0.607. The molecule has 8 heteroatoms. The Morgan fingerprint density at radius 2 is 1.90 bits per heavy atom. The molecule has 0 atom stereocenters. The molecule has 31 heavy (non-hydrogen) atoms. The number of aryl methyl sites for hydroxylation is 4. The average Bonchev–Trinajstić information content (AvgIpc) is 3.46. The summed E-state index contributed by atoms with van der Waals surface area (Å²) in [5, 5.41) is 5.05. The maximum absolute atomic E-state index is 13.5. The summed E-state index contributed by atoms with van der Waals surface area (Å²) in [4.78, 5) is 35.2. The molecule has 0 bridgehead atoms. The van der Waals surface area contributed by atoms with Crippen molar-refractivity contribution in [3.05, 3.63) is 44.6 Å². The Morgan fingerprint density at radius 3 is 2.55 bits per heavy atom.